The SMILES string of the molecule is Cc1cc(N2CCCCC2C=O)cc([N+](=O)[O-])c1. The Bertz CT molecular complexity index is 473. The standard InChI is InChI=1S/C13H16N2O3/c1-10-6-12(8-13(7-10)15(17)18)14-5-3-2-4-11(14)9-16/h6-9,11H,2-5H2,1H3. The second-order valence-electron chi connectivity index (χ2n) is 4.68. The van der Waals surface area contributed by atoms with Gasteiger partial charge in [0, 0.05) is 24.4 Å². The van der Waals surface area contributed by atoms with Crippen LogP contribution in [0.3, 0.4) is 0 Å². The van der Waals surface area contributed by atoms with Gasteiger partial charge >= 0.3 is 0 Å². The van der Waals surface area contributed by atoms with Crippen molar-refractivity contribution in [2.45, 2.75) is 32.2 Å². The first-order valence-corrected chi connectivity index (χ1v) is 6.10. The predicted molar refractivity (Wildman–Crippen MR) is 68.9 cm³/mol. The summed E-state index contributed by atoms with van der Waals surface area (Å²) >= 11 is 0. The lowest BCUT2D eigenvalue weighted by atomic mass is 10.0. The smallest absolute Gasteiger partial charge is 0.271 e. The van der Waals surface area contributed by atoms with E-state index in [0.717, 1.165) is 43.3 Å². The van der Waals surface area contributed by atoms with Gasteiger partial charge in [0.2, 0.25) is 0 Å². The van der Waals surface area contributed by atoms with Crippen molar-refractivity contribution in [1.29, 1.82) is 0 Å². The van der Waals surface area contributed by atoms with Gasteiger partial charge < -0.3 is 9.69 Å². The molecule has 0 saturated carbocycles. The highest BCUT2D eigenvalue weighted by molar-refractivity contribution is 5.68. The number of carbonyl (C=O) groups excluding carboxylic acids is 1. The summed E-state index contributed by atoms with van der Waals surface area (Å²) in [6.07, 6.45) is 3.82. The minimum atomic E-state index is -0.392. The molecule has 1 aromatic carbocycles. The fourth-order valence-electron chi connectivity index (χ4n) is 2.43. The lowest BCUT2D eigenvalue weighted by Crippen LogP contribution is -2.40. The molecule has 1 aromatic rings. The van der Waals surface area contributed by atoms with Gasteiger partial charge in [0.25, 0.3) is 5.69 Å². The number of piperidine rings is 1. The van der Waals surface area contributed by atoms with Gasteiger partial charge in [-0.2, -0.15) is 0 Å². The first kappa shape index (κ1) is 12.5. The molecule has 1 aliphatic heterocycles. The zero-order valence-corrected chi connectivity index (χ0v) is 10.3. The van der Waals surface area contributed by atoms with Crippen LogP contribution in [0.5, 0.6) is 0 Å². The second kappa shape index (κ2) is 5.16. The number of rotatable bonds is 3. The first-order chi connectivity index (χ1) is 8.61. The Morgan fingerprint density at radius 1 is 1.39 bits per heavy atom. The molecule has 5 heteroatoms. The Balaban J connectivity index is 2.36. The van der Waals surface area contributed by atoms with E-state index in [1.165, 1.54) is 0 Å². The molecule has 1 atom stereocenters. The van der Waals surface area contributed by atoms with Gasteiger partial charge in [0.1, 0.15) is 6.29 Å². The van der Waals surface area contributed by atoms with Crippen LogP contribution in [0.2, 0.25) is 0 Å². The van der Waals surface area contributed by atoms with Gasteiger partial charge in [-0.3, -0.25) is 10.1 Å². The molecule has 1 fully saturated rings. The molecule has 0 spiro atoms. The minimum Gasteiger partial charge on any atom is -0.362 e. The highest BCUT2D eigenvalue weighted by Gasteiger charge is 2.23. The number of nitrogens with zero attached hydrogens (tertiary/aromatic N) is 2. The molecule has 0 aromatic heterocycles. The normalized spacial score (nSPS) is 19.6. The third-order valence-corrected chi connectivity index (χ3v) is 3.30. The fraction of sp³-hybridized carbons (Fsp3) is 0.462. The number of nitro benzene ring substituents is 1. The lowest BCUT2D eigenvalue weighted by Gasteiger charge is -2.34. The Labute approximate surface area is 106 Å². The topological polar surface area (TPSA) is 63.5 Å². The van der Waals surface area contributed by atoms with Crippen LogP contribution < -0.4 is 4.90 Å². The van der Waals surface area contributed by atoms with E-state index in [4.69, 9.17) is 0 Å². The Hall–Kier alpha value is -1.91. The summed E-state index contributed by atoms with van der Waals surface area (Å²) in [5, 5.41) is 10.9. The zero-order chi connectivity index (χ0) is 13.1. The van der Waals surface area contributed by atoms with Crippen LogP contribution in [0.1, 0.15) is 24.8 Å². The summed E-state index contributed by atoms with van der Waals surface area (Å²) < 4.78 is 0. The Morgan fingerprint density at radius 2 is 2.17 bits per heavy atom. The zero-order valence-electron chi connectivity index (χ0n) is 10.3. The number of benzene rings is 1. The number of carbonyl (C=O) groups is 1. The number of anilines is 1. The summed E-state index contributed by atoms with van der Waals surface area (Å²) in [4.78, 5) is 23.5. The summed E-state index contributed by atoms with van der Waals surface area (Å²) in [7, 11) is 0. The van der Waals surface area contributed by atoms with Crippen LogP contribution >= 0.6 is 0 Å². The van der Waals surface area contributed by atoms with E-state index >= 15 is 0 Å². The Morgan fingerprint density at radius 3 is 2.83 bits per heavy atom. The summed E-state index contributed by atoms with van der Waals surface area (Å²) in [5.74, 6) is 0. The number of hydrogen-bond donors (Lipinski definition) is 0. The van der Waals surface area contributed by atoms with Crippen molar-refractivity contribution in [2.24, 2.45) is 0 Å². The van der Waals surface area contributed by atoms with Crippen LogP contribution in [-0.4, -0.2) is 23.8 Å². The minimum absolute atomic E-state index is 0.0835. The average molecular weight is 248 g/mol. The molecule has 0 radical (unpaired) electrons. The largest absolute Gasteiger partial charge is 0.362 e. The van der Waals surface area contributed by atoms with E-state index in [0.29, 0.717) is 0 Å². The monoisotopic (exact) mass is 248 g/mol. The number of aldehydes is 1. The van der Waals surface area contributed by atoms with Crippen molar-refractivity contribution in [3.05, 3.63) is 33.9 Å². The summed E-state index contributed by atoms with van der Waals surface area (Å²) in [5.41, 5.74) is 1.70. The molecule has 0 bridgehead atoms. The van der Waals surface area contributed by atoms with E-state index < -0.39 is 4.92 Å². The molecule has 1 aliphatic rings. The van der Waals surface area contributed by atoms with E-state index in [1.807, 2.05) is 17.9 Å². The van der Waals surface area contributed by atoms with E-state index in [1.54, 1.807) is 12.1 Å². The molecule has 0 amide bonds. The van der Waals surface area contributed by atoms with Gasteiger partial charge in [-0.25, -0.2) is 0 Å². The maximum absolute atomic E-state index is 11.1. The van der Waals surface area contributed by atoms with Crippen molar-refractivity contribution >= 4 is 17.7 Å². The van der Waals surface area contributed by atoms with Crippen LogP contribution in [0, 0.1) is 17.0 Å². The third-order valence-electron chi connectivity index (χ3n) is 3.30. The molecule has 1 unspecified atom stereocenters. The van der Waals surface area contributed by atoms with E-state index in [9.17, 15) is 14.9 Å². The Kier molecular flexibility index (Phi) is 3.60. The van der Waals surface area contributed by atoms with Gasteiger partial charge in [0.15, 0.2) is 0 Å². The quantitative estimate of drug-likeness (QED) is 0.468. The first-order valence-electron chi connectivity index (χ1n) is 6.10. The molecule has 18 heavy (non-hydrogen) atoms. The predicted octanol–water partition coefficient (Wildman–Crippen LogP) is 2.46. The molecular weight excluding hydrogens is 232 g/mol. The van der Waals surface area contributed by atoms with Gasteiger partial charge in [-0.05, 0) is 37.8 Å². The molecule has 1 saturated heterocycles. The molecule has 0 N–H and O–H groups in total. The van der Waals surface area contributed by atoms with E-state index in [-0.39, 0.29) is 11.7 Å². The van der Waals surface area contributed by atoms with Crippen molar-refractivity contribution in [2.75, 3.05) is 11.4 Å². The van der Waals surface area contributed by atoms with Crippen LogP contribution in [0.25, 0.3) is 0 Å². The van der Waals surface area contributed by atoms with Crippen LogP contribution in [0.4, 0.5) is 11.4 Å². The van der Waals surface area contributed by atoms with Gasteiger partial charge in [-0.1, -0.05) is 0 Å². The maximum Gasteiger partial charge on any atom is 0.271 e. The van der Waals surface area contributed by atoms with Crippen molar-refractivity contribution in [3.63, 3.8) is 0 Å². The highest BCUT2D eigenvalue weighted by atomic mass is 16.6. The maximum atomic E-state index is 11.1. The average Bonchev–Trinajstić information content (AvgIpc) is 2.38. The van der Waals surface area contributed by atoms with E-state index in [2.05, 4.69) is 0 Å². The molecule has 1 heterocycles. The van der Waals surface area contributed by atoms with Crippen LogP contribution in [0.15, 0.2) is 18.2 Å². The third kappa shape index (κ3) is 2.50. The number of aryl methyl sites for hydroxylation is 1. The summed E-state index contributed by atoms with van der Waals surface area (Å²) in [6, 6.07) is 4.84. The number of nitro groups is 1. The fourth-order valence-corrected chi connectivity index (χ4v) is 2.43. The molecular formula is C13H16N2O3. The highest BCUT2D eigenvalue weighted by Crippen LogP contribution is 2.28. The van der Waals surface area contributed by atoms with Crippen molar-refractivity contribution < 1.29 is 9.72 Å². The number of hydrogen-bond acceptors (Lipinski definition) is 4. The summed E-state index contributed by atoms with van der Waals surface area (Å²) in [6.45, 7) is 2.61. The van der Waals surface area contributed by atoms with Crippen LogP contribution in [-0.2, 0) is 4.79 Å². The van der Waals surface area contributed by atoms with Crippen molar-refractivity contribution in [3.8, 4) is 0 Å². The molecule has 96 valence electrons. The molecule has 5 nitrogen and oxygen atoms in total. The number of non-ortho nitro benzene ring substituents is 1. The van der Waals surface area contributed by atoms with Gasteiger partial charge in [-0.15, -0.1) is 0 Å². The van der Waals surface area contributed by atoms with Crippen molar-refractivity contribution in [1.82, 2.24) is 0 Å². The molecule has 2 rings (SSSR count). The second-order valence-corrected chi connectivity index (χ2v) is 4.68. The molecule has 0 aliphatic carbocycles. The van der Waals surface area contributed by atoms with Gasteiger partial charge in [0.05, 0.1) is 11.0 Å². The lowest BCUT2D eigenvalue weighted by molar-refractivity contribution is -0.384.